The number of aromatic amines is 1. The molecule has 0 saturated carbocycles. The number of nitrogens with zero attached hydrogens (tertiary/aromatic N) is 1. The van der Waals surface area contributed by atoms with Gasteiger partial charge in [0.2, 0.25) is 0 Å². The summed E-state index contributed by atoms with van der Waals surface area (Å²) >= 11 is 1.87. The van der Waals surface area contributed by atoms with Gasteiger partial charge in [0, 0.05) is 22.0 Å². The maximum Gasteiger partial charge on any atom is 0.0522 e. The molecular weight excluding hydrogens is 230 g/mol. The van der Waals surface area contributed by atoms with Gasteiger partial charge in [-0.25, -0.2) is 0 Å². The fourth-order valence-corrected chi connectivity index (χ4v) is 2.68. The smallest absolute Gasteiger partial charge is 0.0522 e. The monoisotopic (exact) mass is 249 g/mol. The Morgan fingerprint density at radius 3 is 2.88 bits per heavy atom. The van der Waals surface area contributed by atoms with Crippen molar-refractivity contribution >= 4 is 11.3 Å². The lowest BCUT2D eigenvalue weighted by molar-refractivity contribution is 0.653. The van der Waals surface area contributed by atoms with E-state index >= 15 is 0 Å². The number of thiophene rings is 1. The van der Waals surface area contributed by atoms with Crippen LogP contribution >= 0.6 is 11.3 Å². The molecule has 0 fully saturated rings. The fourth-order valence-electron chi connectivity index (χ4n) is 1.82. The molecule has 2 N–H and O–H groups in total. The van der Waals surface area contributed by atoms with Crippen molar-refractivity contribution in [2.75, 3.05) is 6.54 Å². The van der Waals surface area contributed by atoms with Crippen LogP contribution in [-0.4, -0.2) is 16.7 Å². The van der Waals surface area contributed by atoms with Crippen LogP contribution in [0, 0.1) is 13.8 Å². The van der Waals surface area contributed by atoms with E-state index in [9.17, 15) is 0 Å². The lowest BCUT2D eigenvalue weighted by atomic mass is 10.1. The molecule has 0 aromatic carbocycles. The molecule has 2 aromatic rings. The van der Waals surface area contributed by atoms with Gasteiger partial charge in [0.25, 0.3) is 0 Å². The molecule has 2 rings (SSSR count). The van der Waals surface area contributed by atoms with E-state index in [1.54, 1.807) is 0 Å². The first-order chi connectivity index (χ1) is 8.25. The number of aromatic nitrogens is 2. The molecule has 0 amide bonds. The summed E-state index contributed by atoms with van der Waals surface area (Å²) < 4.78 is 0. The molecule has 0 aliphatic rings. The third-order valence-electron chi connectivity index (χ3n) is 2.83. The SMILES string of the molecule is Cc1ccc(CNCCCc2cn[nH]c2C)s1. The number of nitrogens with one attached hydrogen (secondary N) is 2. The summed E-state index contributed by atoms with van der Waals surface area (Å²) in [4.78, 5) is 2.80. The molecule has 2 heterocycles. The normalized spacial score (nSPS) is 10.9. The van der Waals surface area contributed by atoms with Gasteiger partial charge >= 0.3 is 0 Å². The molecule has 0 radical (unpaired) electrons. The van der Waals surface area contributed by atoms with E-state index in [4.69, 9.17) is 0 Å². The highest BCUT2D eigenvalue weighted by atomic mass is 32.1. The third kappa shape index (κ3) is 3.68. The molecule has 0 atom stereocenters. The Bertz CT molecular complexity index is 459. The Morgan fingerprint density at radius 1 is 1.35 bits per heavy atom. The molecule has 0 aliphatic carbocycles. The second kappa shape index (κ2) is 5.98. The Labute approximate surface area is 106 Å². The Hall–Kier alpha value is -1.13. The summed E-state index contributed by atoms with van der Waals surface area (Å²) in [5.41, 5.74) is 2.53. The number of H-pyrrole nitrogens is 1. The van der Waals surface area contributed by atoms with Crippen molar-refractivity contribution in [2.45, 2.75) is 33.2 Å². The van der Waals surface area contributed by atoms with Crippen molar-refractivity contribution in [1.29, 1.82) is 0 Å². The van der Waals surface area contributed by atoms with Crippen LogP contribution in [0.5, 0.6) is 0 Å². The zero-order chi connectivity index (χ0) is 12.1. The largest absolute Gasteiger partial charge is 0.312 e. The number of hydrogen-bond acceptors (Lipinski definition) is 3. The van der Waals surface area contributed by atoms with Gasteiger partial charge in [-0.2, -0.15) is 5.10 Å². The van der Waals surface area contributed by atoms with Gasteiger partial charge in [0.15, 0.2) is 0 Å². The zero-order valence-electron chi connectivity index (χ0n) is 10.4. The maximum absolute atomic E-state index is 4.03. The van der Waals surface area contributed by atoms with E-state index < -0.39 is 0 Å². The highest BCUT2D eigenvalue weighted by molar-refractivity contribution is 7.11. The van der Waals surface area contributed by atoms with Crippen LogP contribution in [0.3, 0.4) is 0 Å². The number of aryl methyl sites for hydroxylation is 3. The zero-order valence-corrected chi connectivity index (χ0v) is 11.2. The highest BCUT2D eigenvalue weighted by Gasteiger charge is 2.00. The Kier molecular flexibility index (Phi) is 4.34. The summed E-state index contributed by atoms with van der Waals surface area (Å²) in [6.07, 6.45) is 4.18. The highest BCUT2D eigenvalue weighted by Crippen LogP contribution is 2.14. The van der Waals surface area contributed by atoms with Crippen molar-refractivity contribution in [2.24, 2.45) is 0 Å². The quantitative estimate of drug-likeness (QED) is 0.773. The van der Waals surface area contributed by atoms with Crippen molar-refractivity contribution < 1.29 is 0 Å². The van der Waals surface area contributed by atoms with Crippen LogP contribution in [0.15, 0.2) is 18.3 Å². The number of hydrogen-bond donors (Lipinski definition) is 2. The van der Waals surface area contributed by atoms with E-state index in [0.717, 1.165) is 25.9 Å². The molecular formula is C13H19N3S. The molecule has 0 spiro atoms. The summed E-state index contributed by atoms with van der Waals surface area (Å²) in [6, 6.07) is 4.38. The lowest BCUT2D eigenvalue weighted by Crippen LogP contribution is -2.14. The summed E-state index contributed by atoms with van der Waals surface area (Å²) in [5, 5.41) is 10.5. The molecule has 0 bridgehead atoms. The van der Waals surface area contributed by atoms with Crippen LogP contribution in [0.25, 0.3) is 0 Å². The van der Waals surface area contributed by atoms with E-state index in [1.165, 1.54) is 21.0 Å². The van der Waals surface area contributed by atoms with Crippen LogP contribution in [-0.2, 0) is 13.0 Å². The van der Waals surface area contributed by atoms with Crippen molar-refractivity contribution in [1.82, 2.24) is 15.5 Å². The van der Waals surface area contributed by atoms with Crippen LogP contribution in [0.1, 0.15) is 27.4 Å². The van der Waals surface area contributed by atoms with Gasteiger partial charge in [-0.3, -0.25) is 5.10 Å². The van der Waals surface area contributed by atoms with Gasteiger partial charge in [0.1, 0.15) is 0 Å². The third-order valence-corrected chi connectivity index (χ3v) is 3.83. The van der Waals surface area contributed by atoms with E-state index in [0.29, 0.717) is 0 Å². The van der Waals surface area contributed by atoms with Crippen LogP contribution < -0.4 is 5.32 Å². The fraction of sp³-hybridized carbons (Fsp3) is 0.462. The molecule has 17 heavy (non-hydrogen) atoms. The van der Waals surface area contributed by atoms with Crippen LogP contribution in [0.2, 0.25) is 0 Å². The maximum atomic E-state index is 4.03. The van der Waals surface area contributed by atoms with Gasteiger partial charge in [-0.1, -0.05) is 0 Å². The summed E-state index contributed by atoms with van der Waals surface area (Å²) in [7, 11) is 0. The van der Waals surface area contributed by atoms with Crippen molar-refractivity contribution in [3.63, 3.8) is 0 Å². The van der Waals surface area contributed by atoms with Gasteiger partial charge in [-0.15, -0.1) is 11.3 Å². The average molecular weight is 249 g/mol. The molecule has 92 valence electrons. The minimum Gasteiger partial charge on any atom is -0.312 e. The van der Waals surface area contributed by atoms with Gasteiger partial charge in [0.05, 0.1) is 6.20 Å². The molecule has 3 nitrogen and oxygen atoms in total. The minimum atomic E-state index is 0.989. The predicted molar refractivity (Wildman–Crippen MR) is 72.4 cm³/mol. The van der Waals surface area contributed by atoms with Gasteiger partial charge < -0.3 is 5.32 Å². The van der Waals surface area contributed by atoms with Crippen molar-refractivity contribution in [3.05, 3.63) is 39.3 Å². The van der Waals surface area contributed by atoms with E-state index in [-0.39, 0.29) is 0 Å². The first-order valence-corrected chi connectivity index (χ1v) is 6.82. The number of rotatable bonds is 6. The Morgan fingerprint density at radius 2 is 2.24 bits per heavy atom. The summed E-state index contributed by atoms with van der Waals surface area (Å²) in [5.74, 6) is 0. The van der Waals surface area contributed by atoms with Crippen molar-refractivity contribution in [3.8, 4) is 0 Å². The topological polar surface area (TPSA) is 40.7 Å². The standard InChI is InChI=1S/C13H19N3S/c1-10-5-6-13(17-10)9-14-7-3-4-12-8-15-16-11(12)2/h5-6,8,14H,3-4,7,9H2,1-2H3,(H,15,16). The van der Waals surface area contributed by atoms with E-state index in [1.807, 2.05) is 17.5 Å². The van der Waals surface area contributed by atoms with Gasteiger partial charge in [-0.05, 0) is 50.9 Å². The Balaban J connectivity index is 1.62. The molecule has 0 saturated heterocycles. The molecule has 0 unspecified atom stereocenters. The predicted octanol–water partition coefficient (Wildman–Crippen LogP) is 2.81. The molecule has 4 heteroatoms. The van der Waals surface area contributed by atoms with E-state index in [2.05, 4.69) is 41.5 Å². The second-order valence-electron chi connectivity index (χ2n) is 4.31. The first-order valence-electron chi connectivity index (χ1n) is 6.00. The minimum absolute atomic E-state index is 0.989. The summed E-state index contributed by atoms with van der Waals surface area (Å²) in [6.45, 7) is 6.27. The van der Waals surface area contributed by atoms with Crippen LogP contribution in [0.4, 0.5) is 0 Å². The first kappa shape index (κ1) is 12.3. The molecule has 2 aromatic heterocycles. The average Bonchev–Trinajstić information content (AvgIpc) is 2.88. The molecule has 0 aliphatic heterocycles. The second-order valence-corrected chi connectivity index (χ2v) is 5.69. The lowest BCUT2D eigenvalue weighted by Gasteiger charge is -2.02.